The number of hydrogen-bond donors (Lipinski definition) is 1. The number of nitrogens with one attached hydrogen (secondary N) is 1. The second-order valence-electron chi connectivity index (χ2n) is 5.94. The Morgan fingerprint density at radius 2 is 2.03 bits per heavy atom. The number of hydrogen-bond acceptors (Lipinski definition) is 6. The van der Waals surface area contributed by atoms with Gasteiger partial charge in [0.2, 0.25) is 0 Å². The highest BCUT2D eigenvalue weighted by Crippen LogP contribution is 2.38. The first-order valence-electron chi connectivity index (χ1n) is 9.00. The molecule has 0 spiro atoms. The number of ether oxygens (including phenoxy) is 3. The van der Waals surface area contributed by atoms with Crippen molar-refractivity contribution in [2.75, 3.05) is 20.3 Å². The lowest BCUT2D eigenvalue weighted by atomic mass is 10.2. The number of rotatable bonds is 7. The summed E-state index contributed by atoms with van der Waals surface area (Å²) >= 11 is 7.58. The van der Waals surface area contributed by atoms with Crippen LogP contribution in [0.25, 0.3) is 6.08 Å². The number of halogens is 1. The van der Waals surface area contributed by atoms with E-state index >= 15 is 0 Å². The Kier molecular flexibility index (Phi) is 7.28. The van der Waals surface area contributed by atoms with E-state index in [0.29, 0.717) is 44.5 Å². The van der Waals surface area contributed by atoms with Crippen LogP contribution in [0.3, 0.4) is 0 Å². The molecule has 1 aliphatic rings. The molecule has 30 heavy (non-hydrogen) atoms. The maximum absolute atomic E-state index is 12.4. The van der Waals surface area contributed by atoms with Gasteiger partial charge >= 0.3 is 0 Å². The second kappa shape index (κ2) is 10.1. The van der Waals surface area contributed by atoms with Gasteiger partial charge in [0.05, 0.1) is 29.3 Å². The molecular formula is C22H19ClN2O4S. The van der Waals surface area contributed by atoms with Gasteiger partial charge in [-0.3, -0.25) is 4.79 Å². The van der Waals surface area contributed by atoms with E-state index in [0.717, 1.165) is 5.75 Å². The number of carbonyl (C=O) groups excluding carboxylic acids is 1. The van der Waals surface area contributed by atoms with Gasteiger partial charge in [-0.2, -0.15) is 0 Å². The molecule has 3 rings (SSSR count). The van der Waals surface area contributed by atoms with Crippen molar-refractivity contribution in [1.29, 1.82) is 0 Å². The van der Waals surface area contributed by atoms with E-state index in [4.69, 9.17) is 32.2 Å². The fraction of sp³-hybridized carbons (Fsp3) is 0.182. The number of aliphatic imine (C=N–C) groups is 1. The van der Waals surface area contributed by atoms with Crippen LogP contribution in [0, 0.1) is 12.3 Å². The SMILES string of the molecule is C#CCOc1c(Cl)cc(/C=C2/SC(=Nc3ccc(OC)cc3)NC2=O)cc1OCC. The number of nitrogens with zero attached hydrogens (tertiary/aromatic N) is 1. The van der Waals surface area contributed by atoms with Crippen molar-refractivity contribution in [2.45, 2.75) is 6.92 Å². The van der Waals surface area contributed by atoms with Gasteiger partial charge in [-0.1, -0.05) is 17.5 Å². The number of amidine groups is 1. The molecule has 1 N–H and O–H groups in total. The van der Waals surface area contributed by atoms with E-state index < -0.39 is 0 Å². The van der Waals surface area contributed by atoms with Gasteiger partial charge in [0.1, 0.15) is 12.4 Å². The standard InChI is InChI=1S/C22H19ClN2O4S/c1-4-10-29-20-17(23)11-14(12-18(20)28-5-2)13-19-21(26)25-22(30-19)24-15-6-8-16(27-3)9-7-15/h1,6-9,11-13H,5,10H2,2-3H3,(H,24,25,26)/b19-13+. The summed E-state index contributed by atoms with van der Waals surface area (Å²) in [5.74, 6) is 3.73. The van der Waals surface area contributed by atoms with E-state index in [1.54, 1.807) is 37.5 Å². The van der Waals surface area contributed by atoms with Gasteiger partial charge in [0.25, 0.3) is 5.91 Å². The molecular weight excluding hydrogens is 424 g/mol. The number of carbonyl (C=O) groups is 1. The zero-order valence-electron chi connectivity index (χ0n) is 16.4. The molecule has 0 aromatic heterocycles. The third-order valence-electron chi connectivity index (χ3n) is 3.88. The van der Waals surface area contributed by atoms with Crippen LogP contribution < -0.4 is 19.5 Å². The van der Waals surface area contributed by atoms with Crippen molar-refractivity contribution in [3.8, 4) is 29.6 Å². The summed E-state index contributed by atoms with van der Waals surface area (Å²) in [6.45, 7) is 2.35. The van der Waals surface area contributed by atoms with Crippen LogP contribution in [0.1, 0.15) is 12.5 Å². The third kappa shape index (κ3) is 5.29. The topological polar surface area (TPSA) is 69.2 Å². The van der Waals surface area contributed by atoms with E-state index in [1.165, 1.54) is 11.8 Å². The molecule has 154 valence electrons. The third-order valence-corrected chi connectivity index (χ3v) is 5.07. The summed E-state index contributed by atoms with van der Waals surface area (Å²) < 4.78 is 16.2. The zero-order chi connectivity index (χ0) is 21.5. The molecule has 1 saturated heterocycles. The van der Waals surface area contributed by atoms with E-state index in [1.807, 2.05) is 19.1 Å². The molecule has 1 amide bonds. The Labute approximate surface area is 184 Å². The molecule has 0 bridgehead atoms. The Bertz CT molecular complexity index is 1040. The average Bonchev–Trinajstić information content (AvgIpc) is 3.07. The fourth-order valence-electron chi connectivity index (χ4n) is 2.59. The van der Waals surface area contributed by atoms with Crippen molar-refractivity contribution in [3.05, 3.63) is 51.9 Å². The maximum Gasteiger partial charge on any atom is 0.264 e. The van der Waals surface area contributed by atoms with Crippen molar-refractivity contribution in [1.82, 2.24) is 5.32 Å². The summed E-state index contributed by atoms with van der Waals surface area (Å²) in [5, 5.41) is 3.59. The van der Waals surface area contributed by atoms with Gasteiger partial charge in [-0.05, 0) is 66.7 Å². The van der Waals surface area contributed by atoms with E-state index in [9.17, 15) is 4.79 Å². The summed E-state index contributed by atoms with van der Waals surface area (Å²) in [7, 11) is 1.60. The number of amides is 1. The van der Waals surface area contributed by atoms with Crippen molar-refractivity contribution in [3.63, 3.8) is 0 Å². The number of benzene rings is 2. The highest BCUT2D eigenvalue weighted by molar-refractivity contribution is 8.18. The Morgan fingerprint density at radius 1 is 1.27 bits per heavy atom. The van der Waals surface area contributed by atoms with Gasteiger partial charge in [0.15, 0.2) is 16.7 Å². The highest BCUT2D eigenvalue weighted by atomic mass is 35.5. The number of thioether (sulfide) groups is 1. The monoisotopic (exact) mass is 442 g/mol. The second-order valence-corrected chi connectivity index (χ2v) is 7.37. The lowest BCUT2D eigenvalue weighted by molar-refractivity contribution is -0.115. The van der Waals surface area contributed by atoms with Crippen molar-refractivity contribution >= 4 is 46.2 Å². The maximum atomic E-state index is 12.4. The summed E-state index contributed by atoms with van der Waals surface area (Å²) in [4.78, 5) is 17.3. The minimum Gasteiger partial charge on any atom is -0.497 e. The predicted octanol–water partition coefficient (Wildman–Crippen LogP) is 4.65. The Morgan fingerprint density at radius 3 is 2.70 bits per heavy atom. The first-order valence-corrected chi connectivity index (χ1v) is 10.2. The molecule has 0 aliphatic carbocycles. The van der Waals surface area contributed by atoms with Gasteiger partial charge in [-0.25, -0.2) is 4.99 Å². The van der Waals surface area contributed by atoms with E-state index in [2.05, 4.69) is 16.2 Å². The average molecular weight is 443 g/mol. The van der Waals surface area contributed by atoms with Crippen LogP contribution in [0.5, 0.6) is 17.2 Å². The molecule has 8 heteroatoms. The lowest BCUT2D eigenvalue weighted by Crippen LogP contribution is -2.19. The quantitative estimate of drug-likeness (QED) is 0.499. The van der Waals surface area contributed by atoms with Gasteiger partial charge in [0, 0.05) is 0 Å². The van der Waals surface area contributed by atoms with E-state index in [-0.39, 0.29) is 12.5 Å². The molecule has 0 atom stereocenters. The minimum absolute atomic E-state index is 0.0731. The molecule has 1 aliphatic heterocycles. The molecule has 6 nitrogen and oxygen atoms in total. The normalized spacial score (nSPS) is 15.7. The summed E-state index contributed by atoms with van der Waals surface area (Å²) in [6.07, 6.45) is 6.97. The van der Waals surface area contributed by atoms with Crippen LogP contribution in [0.4, 0.5) is 5.69 Å². The summed E-state index contributed by atoms with van der Waals surface area (Å²) in [6, 6.07) is 10.7. The molecule has 0 saturated carbocycles. The Hall–Kier alpha value is -3.08. The minimum atomic E-state index is -0.242. The molecule has 2 aromatic rings. The lowest BCUT2D eigenvalue weighted by Gasteiger charge is -2.13. The predicted molar refractivity (Wildman–Crippen MR) is 121 cm³/mol. The number of terminal acetylenes is 1. The largest absolute Gasteiger partial charge is 0.497 e. The smallest absolute Gasteiger partial charge is 0.264 e. The molecule has 0 radical (unpaired) electrons. The van der Waals surface area contributed by atoms with Gasteiger partial charge in [-0.15, -0.1) is 6.42 Å². The number of methoxy groups -OCH3 is 1. The zero-order valence-corrected chi connectivity index (χ0v) is 18.0. The molecule has 2 aromatic carbocycles. The fourth-order valence-corrected chi connectivity index (χ4v) is 3.71. The van der Waals surface area contributed by atoms with Crippen LogP contribution in [0.15, 0.2) is 46.3 Å². The molecule has 1 fully saturated rings. The van der Waals surface area contributed by atoms with Gasteiger partial charge < -0.3 is 19.5 Å². The van der Waals surface area contributed by atoms with Crippen LogP contribution in [0.2, 0.25) is 5.02 Å². The first kappa shape index (κ1) is 21.6. The highest BCUT2D eigenvalue weighted by Gasteiger charge is 2.24. The van der Waals surface area contributed by atoms with Crippen LogP contribution >= 0.6 is 23.4 Å². The first-order chi connectivity index (χ1) is 14.5. The van der Waals surface area contributed by atoms with Crippen LogP contribution in [-0.4, -0.2) is 31.4 Å². The van der Waals surface area contributed by atoms with Crippen LogP contribution in [-0.2, 0) is 4.79 Å². The van der Waals surface area contributed by atoms with Crippen molar-refractivity contribution < 1.29 is 19.0 Å². The summed E-state index contributed by atoms with van der Waals surface area (Å²) in [5.41, 5.74) is 1.40. The van der Waals surface area contributed by atoms with Crippen molar-refractivity contribution in [2.24, 2.45) is 4.99 Å². The Balaban J connectivity index is 1.84. The molecule has 0 unspecified atom stereocenters. The molecule has 1 heterocycles.